The summed E-state index contributed by atoms with van der Waals surface area (Å²) in [4.78, 5) is 25.4. The maximum atomic E-state index is 12.9. The smallest absolute Gasteiger partial charge is 0.278 e. The topological polar surface area (TPSA) is 143 Å². The molecular weight excluding hydrogens is 448 g/mol. The van der Waals surface area contributed by atoms with Crippen LogP contribution in [0.3, 0.4) is 0 Å². The van der Waals surface area contributed by atoms with Crippen molar-refractivity contribution in [1.29, 1.82) is 0 Å². The van der Waals surface area contributed by atoms with Gasteiger partial charge < -0.3 is 4.52 Å². The molecule has 33 heavy (non-hydrogen) atoms. The fourth-order valence-corrected chi connectivity index (χ4v) is 5.37. The number of hydrogen-bond acceptors (Lipinski definition) is 8. The van der Waals surface area contributed by atoms with E-state index in [4.69, 9.17) is 0 Å². The maximum absolute atomic E-state index is 12.9. The van der Waals surface area contributed by atoms with Crippen LogP contribution in [0.1, 0.15) is 63.4 Å². The van der Waals surface area contributed by atoms with E-state index in [1.807, 2.05) is 0 Å². The summed E-state index contributed by atoms with van der Waals surface area (Å²) in [6.45, 7) is 0. The lowest BCUT2D eigenvalue weighted by Crippen LogP contribution is -2.39. The normalized spacial score (nSPS) is 15.7. The van der Waals surface area contributed by atoms with Crippen molar-refractivity contribution in [3.8, 4) is 0 Å². The molecule has 0 bridgehead atoms. The van der Waals surface area contributed by atoms with E-state index in [-0.39, 0.29) is 23.1 Å². The molecule has 1 aliphatic rings. The first-order valence-corrected chi connectivity index (χ1v) is 12.9. The van der Waals surface area contributed by atoms with Crippen molar-refractivity contribution in [3.05, 3.63) is 42.1 Å². The summed E-state index contributed by atoms with van der Waals surface area (Å²) in [5.41, 5.74) is 0.544. The molecule has 0 aliphatic heterocycles. The molecule has 10 nitrogen and oxygen atoms in total. The zero-order chi connectivity index (χ0) is 23.7. The molecule has 0 unspecified atom stereocenters. The molecule has 11 heteroatoms. The van der Waals surface area contributed by atoms with Gasteiger partial charge in [0.15, 0.2) is 0 Å². The van der Waals surface area contributed by atoms with E-state index in [2.05, 4.69) is 19.6 Å². The molecule has 1 aromatic carbocycles. The lowest BCUT2D eigenvalue weighted by atomic mass is 9.84. The second-order valence-electron chi connectivity index (χ2n) is 8.51. The van der Waals surface area contributed by atoms with Crippen molar-refractivity contribution in [2.75, 3.05) is 5.06 Å². The second kappa shape index (κ2) is 11.9. The van der Waals surface area contributed by atoms with Gasteiger partial charge in [0, 0.05) is 17.6 Å². The van der Waals surface area contributed by atoms with Crippen molar-refractivity contribution < 1.29 is 27.7 Å². The van der Waals surface area contributed by atoms with E-state index in [9.17, 15) is 23.2 Å². The summed E-state index contributed by atoms with van der Waals surface area (Å²) in [5.74, 6) is -2.53. The quantitative estimate of drug-likeness (QED) is 0.370. The molecule has 1 atom stereocenters. The number of benzene rings is 1. The fraction of sp³-hybridized carbons (Fsp3) is 0.545. The minimum atomic E-state index is -3.95. The van der Waals surface area contributed by atoms with Crippen LogP contribution in [-0.2, 0) is 25.4 Å². The highest BCUT2D eigenvalue weighted by Gasteiger charge is 2.29. The van der Waals surface area contributed by atoms with E-state index in [1.165, 1.54) is 19.3 Å². The minimum absolute atomic E-state index is 0.236. The Hall–Kier alpha value is -2.79. The highest BCUT2D eigenvalue weighted by atomic mass is 32.2. The van der Waals surface area contributed by atoms with Crippen LogP contribution in [0.4, 0.5) is 5.88 Å². The fourth-order valence-electron chi connectivity index (χ4n) is 4.20. The van der Waals surface area contributed by atoms with Crippen LogP contribution in [-0.4, -0.2) is 35.8 Å². The highest BCUT2D eigenvalue weighted by Crippen LogP contribution is 2.29. The number of nitrogens with one attached hydrogen (secondary N) is 1. The molecule has 2 amide bonds. The van der Waals surface area contributed by atoms with Gasteiger partial charge in [-0.1, -0.05) is 75.3 Å². The average Bonchev–Trinajstić information content (AvgIpc) is 3.33. The molecule has 1 fully saturated rings. The van der Waals surface area contributed by atoms with Gasteiger partial charge >= 0.3 is 0 Å². The molecule has 1 heterocycles. The monoisotopic (exact) mass is 478 g/mol. The molecule has 0 spiro atoms. The van der Waals surface area contributed by atoms with E-state index < -0.39 is 27.8 Å². The third kappa shape index (κ3) is 7.93. The molecule has 2 aromatic rings. The van der Waals surface area contributed by atoms with Gasteiger partial charge in [0.1, 0.15) is 6.20 Å². The van der Waals surface area contributed by atoms with Crippen LogP contribution < -0.4 is 9.79 Å². The van der Waals surface area contributed by atoms with Gasteiger partial charge in [-0.25, -0.2) is 8.42 Å². The molecule has 1 saturated carbocycles. The summed E-state index contributed by atoms with van der Waals surface area (Å²) in [6, 6.07) is 8.52. The average molecular weight is 479 g/mol. The molecular formula is C22H30N4O6S. The maximum Gasteiger partial charge on any atom is 0.278 e. The van der Waals surface area contributed by atoms with Crippen LogP contribution in [0.15, 0.2) is 41.1 Å². The number of hydrogen-bond donors (Lipinski definition) is 2. The Morgan fingerprint density at radius 2 is 1.91 bits per heavy atom. The first-order valence-electron chi connectivity index (χ1n) is 11.2. The van der Waals surface area contributed by atoms with Crippen molar-refractivity contribution in [2.24, 2.45) is 11.8 Å². The molecule has 2 N–H and O–H groups in total. The zero-order valence-electron chi connectivity index (χ0n) is 18.4. The Morgan fingerprint density at radius 1 is 1.18 bits per heavy atom. The Bertz CT molecular complexity index is 991. The predicted molar refractivity (Wildman–Crippen MR) is 119 cm³/mol. The number of anilines is 1. The van der Waals surface area contributed by atoms with Crippen molar-refractivity contribution in [1.82, 2.24) is 15.1 Å². The van der Waals surface area contributed by atoms with Crippen molar-refractivity contribution >= 4 is 27.7 Å². The molecule has 0 saturated heterocycles. The van der Waals surface area contributed by atoms with Gasteiger partial charge in [0.2, 0.25) is 15.9 Å². The number of amides is 2. The molecule has 0 radical (unpaired) electrons. The third-order valence-corrected chi connectivity index (χ3v) is 7.16. The highest BCUT2D eigenvalue weighted by molar-refractivity contribution is 7.89. The van der Waals surface area contributed by atoms with Crippen molar-refractivity contribution in [2.45, 2.75) is 63.5 Å². The number of aromatic nitrogens is 2. The molecule has 3 rings (SSSR count). The minimum Gasteiger partial charge on any atom is -0.316 e. The van der Waals surface area contributed by atoms with E-state index in [0.717, 1.165) is 25.5 Å². The Labute approximate surface area is 193 Å². The Morgan fingerprint density at radius 3 is 2.58 bits per heavy atom. The van der Waals surface area contributed by atoms with Crippen LogP contribution >= 0.6 is 0 Å². The number of sulfonamides is 1. The standard InChI is InChI=1S/C22H30N4O6S/c27-20(26(29)21-15-23-25-32-21)14-19(13-7-12-17-8-3-1-4-9-17)22(28)24-33(30,31)16-18-10-5-2-6-11-18/h2,5-6,10-11,15,17,19,29H,1,3-4,7-9,12-14,16H2,(H,24,28)/t19-/m1/s1. The molecule has 180 valence electrons. The Kier molecular flexibility index (Phi) is 8.95. The first-order chi connectivity index (χ1) is 15.8. The number of hydroxylamine groups is 1. The summed E-state index contributed by atoms with van der Waals surface area (Å²) < 4.78 is 31.8. The van der Waals surface area contributed by atoms with E-state index in [0.29, 0.717) is 24.3 Å². The van der Waals surface area contributed by atoms with Gasteiger partial charge in [-0.15, -0.1) is 5.10 Å². The second-order valence-corrected chi connectivity index (χ2v) is 10.2. The summed E-state index contributed by atoms with van der Waals surface area (Å²) in [6.07, 6.45) is 8.58. The van der Waals surface area contributed by atoms with E-state index >= 15 is 0 Å². The van der Waals surface area contributed by atoms with Crippen LogP contribution in [0.25, 0.3) is 0 Å². The number of carbonyl (C=O) groups excluding carboxylic acids is 2. The number of rotatable bonds is 11. The lowest BCUT2D eigenvalue weighted by Gasteiger charge is -2.23. The van der Waals surface area contributed by atoms with Gasteiger partial charge in [0.05, 0.1) is 5.75 Å². The largest absolute Gasteiger partial charge is 0.316 e. The SMILES string of the molecule is O=C(NS(=O)(=O)Cc1ccccc1)[C@H](CCCC1CCCCC1)CC(=O)N(O)c1cnno1. The Balaban J connectivity index is 1.63. The van der Waals surface area contributed by atoms with Gasteiger partial charge in [-0.2, -0.15) is 5.06 Å². The van der Waals surface area contributed by atoms with Gasteiger partial charge in [-0.3, -0.25) is 19.5 Å². The van der Waals surface area contributed by atoms with E-state index in [1.54, 1.807) is 30.3 Å². The number of carbonyl (C=O) groups is 2. The lowest BCUT2D eigenvalue weighted by molar-refractivity contribution is -0.131. The zero-order valence-corrected chi connectivity index (χ0v) is 19.2. The van der Waals surface area contributed by atoms with Crippen molar-refractivity contribution in [3.63, 3.8) is 0 Å². The van der Waals surface area contributed by atoms with Crippen LogP contribution in [0, 0.1) is 11.8 Å². The van der Waals surface area contributed by atoms with Gasteiger partial charge in [-0.05, 0) is 17.9 Å². The molecule has 1 aromatic heterocycles. The third-order valence-electron chi connectivity index (χ3n) is 5.93. The van der Waals surface area contributed by atoms with Crippen LogP contribution in [0.2, 0.25) is 0 Å². The molecule has 1 aliphatic carbocycles. The first kappa shape index (κ1) is 24.8. The number of nitrogens with zero attached hydrogens (tertiary/aromatic N) is 3. The summed E-state index contributed by atoms with van der Waals surface area (Å²) in [5, 5.41) is 16.9. The van der Waals surface area contributed by atoms with Gasteiger partial charge in [0.25, 0.3) is 11.8 Å². The van der Waals surface area contributed by atoms with Crippen LogP contribution in [0.5, 0.6) is 0 Å². The predicted octanol–water partition coefficient (Wildman–Crippen LogP) is 3.19. The summed E-state index contributed by atoms with van der Waals surface area (Å²) >= 11 is 0. The summed E-state index contributed by atoms with van der Waals surface area (Å²) in [7, 11) is -3.95.